The maximum atomic E-state index is 13.9. The average Bonchev–Trinajstić information content (AvgIpc) is 2.92. The first kappa shape index (κ1) is 30.8. The molecule has 0 radical (unpaired) electrons. The van der Waals surface area contributed by atoms with Gasteiger partial charge in [0.15, 0.2) is 11.5 Å². The minimum absolute atomic E-state index is 0.0115. The molecule has 2 aromatic carbocycles. The Morgan fingerprint density at radius 2 is 1.69 bits per heavy atom. The van der Waals surface area contributed by atoms with E-state index in [0.29, 0.717) is 53.2 Å². The second-order valence-corrected chi connectivity index (χ2v) is 12.3. The van der Waals surface area contributed by atoms with E-state index in [-0.39, 0.29) is 29.9 Å². The summed E-state index contributed by atoms with van der Waals surface area (Å²) in [6, 6.07) is 8.67. The number of nitrogens with zero attached hydrogens (tertiary/aromatic N) is 2. The van der Waals surface area contributed by atoms with Crippen molar-refractivity contribution in [2.75, 3.05) is 29.8 Å². The molecule has 0 saturated carbocycles. The molecule has 0 saturated heterocycles. The molecule has 2 amide bonds. The number of sulfonamides is 1. The van der Waals surface area contributed by atoms with Crippen molar-refractivity contribution < 1.29 is 27.5 Å². The van der Waals surface area contributed by atoms with Gasteiger partial charge in [0.05, 0.1) is 11.4 Å². The number of amides is 2. The molecule has 9 nitrogen and oxygen atoms in total. The number of fused-ring (bicyclic) bond motifs is 1. The molecule has 214 valence electrons. The van der Waals surface area contributed by atoms with Crippen molar-refractivity contribution in [1.29, 1.82) is 0 Å². The molecule has 0 bridgehead atoms. The summed E-state index contributed by atoms with van der Waals surface area (Å²) in [6.45, 7) is 7.32. The molecule has 2 atom stereocenters. The van der Waals surface area contributed by atoms with Crippen LogP contribution in [0.3, 0.4) is 0 Å². The molecule has 39 heavy (non-hydrogen) atoms. The average molecular weight is 601 g/mol. The predicted molar refractivity (Wildman–Crippen MR) is 153 cm³/mol. The Kier molecular flexibility index (Phi) is 10.7. The van der Waals surface area contributed by atoms with Crippen LogP contribution in [0.5, 0.6) is 11.5 Å². The standard InChI is InChI=1S/C27H35Cl2N3O6S/c1-5-18(4)30-27(34)23(6-2)31(16-19-8-9-20(28)14-22(19)29)26(33)17-32(39(35,36)7-3)21-10-11-24-25(15-21)38-13-12-37-24/h8-11,14-15,18,23H,5-7,12-13,16-17H2,1-4H3,(H,30,34)/t18-,23+/m0/s1. The lowest BCUT2D eigenvalue weighted by Crippen LogP contribution is -2.53. The maximum Gasteiger partial charge on any atom is 0.244 e. The number of hydrogen-bond acceptors (Lipinski definition) is 6. The van der Waals surface area contributed by atoms with Gasteiger partial charge in [-0.2, -0.15) is 0 Å². The number of ether oxygens (including phenoxy) is 2. The fraction of sp³-hybridized carbons (Fsp3) is 0.481. The Balaban J connectivity index is 2.00. The SMILES string of the molecule is CC[C@H](C(=O)N[C@@H](C)CC)N(Cc1ccc(Cl)cc1Cl)C(=O)CN(c1ccc2c(c1)OCCO2)S(=O)(=O)CC. The smallest absolute Gasteiger partial charge is 0.244 e. The third-order valence-corrected chi connectivity index (χ3v) is 8.86. The highest BCUT2D eigenvalue weighted by atomic mass is 35.5. The Labute approximate surface area is 240 Å². The second kappa shape index (κ2) is 13.6. The molecule has 1 aliphatic rings. The fourth-order valence-electron chi connectivity index (χ4n) is 4.10. The number of carbonyl (C=O) groups is 2. The van der Waals surface area contributed by atoms with Crippen LogP contribution in [0.2, 0.25) is 10.0 Å². The first-order chi connectivity index (χ1) is 18.5. The number of anilines is 1. The summed E-state index contributed by atoms with van der Waals surface area (Å²) in [5, 5.41) is 3.70. The van der Waals surface area contributed by atoms with Crippen molar-refractivity contribution in [3.05, 3.63) is 52.0 Å². The number of nitrogens with one attached hydrogen (secondary N) is 1. The number of halogens is 2. The van der Waals surface area contributed by atoms with Crippen molar-refractivity contribution in [3.8, 4) is 11.5 Å². The van der Waals surface area contributed by atoms with Crippen LogP contribution >= 0.6 is 23.2 Å². The van der Waals surface area contributed by atoms with Gasteiger partial charge in [0, 0.05) is 28.7 Å². The Morgan fingerprint density at radius 3 is 2.31 bits per heavy atom. The zero-order chi connectivity index (χ0) is 28.7. The van der Waals surface area contributed by atoms with Crippen LogP contribution in [0.1, 0.15) is 46.1 Å². The van der Waals surface area contributed by atoms with E-state index in [0.717, 1.165) is 4.31 Å². The number of carbonyl (C=O) groups excluding carboxylic acids is 2. The van der Waals surface area contributed by atoms with Crippen LogP contribution in [0.15, 0.2) is 36.4 Å². The van der Waals surface area contributed by atoms with Gasteiger partial charge in [-0.05, 0) is 56.5 Å². The highest BCUT2D eigenvalue weighted by molar-refractivity contribution is 7.92. The lowest BCUT2D eigenvalue weighted by molar-refractivity contribution is -0.140. The molecule has 1 heterocycles. The lowest BCUT2D eigenvalue weighted by Gasteiger charge is -2.34. The van der Waals surface area contributed by atoms with E-state index in [9.17, 15) is 18.0 Å². The van der Waals surface area contributed by atoms with Gasteiger partial charge < -0.3 is 19.7 Å². The molecule has 0 fully saturated rings. The Bertz CT molecular complexity index is 1290. The summed E-state index contributed by atoms with van der Waals surface area (Å²) in [5.41, 5.74) is 0.837. The first-order valence-corrected chi connectivity index (χ1v) is 15.3. The van der Waals surface area contributed by atoms with Crippen LogP contribution in [-0.2, 0) is 26.2 Å². The van der Waals surface area contributed by atoms with Crippen LogP contribution in [0.25, 0.3) is 0 Å². The van der Waals surface area contributed by atoms with Crippen LogP contribution in [0.4, 0.5) is 5.69 Å². The van der Waals surface area contributed by atoms with Gasteiger partial charge in [-0.3, -0.25) is 13.9 Å². The van der Waals surface area contributed by atoms with E-state index in [1.54, 1.807) is 43.3 Å². The highest BCUT2D eigenvalue weighted by Gasteiger charge is 2.33. The summed E-state index contributed by atoms with van der Waals surface area (Å²) in [4.78, 5) is 28.6. The molecule has 3 rings (SSSR count). The third kappa shape index (κ3) is 7.70. The van der Waals surface area contributed by atoms with E-state index in [1.807, 2.05) is 13.8 Å². The monoisotopic (exact) mass is 599 g/mol. The number of hydrogen-bond donors (Lipinski definition) is 1. The Morgan fingerprint density at radius 1 is 1.00 bits per heavy atom. The molecule has 0 aromatic heterocycles. The van der Waals surface area contributed by atoms with Crippen LogP contribution in [-0.4, -0.2) is 62.7 Å². The number of benzene rings is 2. The molecular weight excluding hydrogens is 565 g/mol. The molecule has 2 aromatic rings. The van der Waals surface area contributed by atoms with Gasteiger partial charge in [-0.1, -0.05) is 43.1 Å². The van der Waals surface area contributed by atoms with E-state index >= 15 is 0 Å². The molecule has 0 aliphatic carbocycles. The summed E-state index contributed by atoms with van der Waals surface area (Å²) in [7, 11) is -3.89. The van der Waals surface area contributed by atoms with E-state index in [1.165, 1.54) is 11.8 Å². The van der Waals surface area contributed by atoms with Crippen molar-refractivity contribution in [1.82, 2.24) is 10.2 Å². The molecule has 0 spiro atoms. The van der Waals surface area contributed by atoms with Crippen LogP contribution < -0.4 is 19.1 Å². The summed E-state index contributed by atoms with van der Waals surface area (Å²) >= 11 is 12.5. The van der Waals surface area contributed by atoms with Crippen LogP contribution in [0, 0.1) is 0 Å². The summed E-state index contributed by atoms with van der Waals surface area (Å²) in [5.74, 6) is -0.221. The molecular formula is C27H35Cl2N3O6S. The predicted octanol–water partition coefficient (Wildman–Crippen LogP) is 4.64. The van der Waals surface area contributed by atoms with Gasteiger partial charge in [0.25, 0.3) is 0 Å². The molecule has 1 aliphatic heterocycles. The van der Waals surface area contributed by atoms with Crippen molar-refractivity contribution >= 4 is 50.7 Å². The second-order valence-electron chi connectivity index (χ2n) is 9.23. The Hall–Kier alpha value is -2.69. The zero-order valence-corrected chi connectivity index (χ0v) is 24.9. The minimum atomic E-state index is -3.89. The van der Waals surface area contributed by atoms with E-state index in [4.69, 9.17) is 32.7 Å². The van der Waals surface area contributed by atoms with Crippen molar-refractivity contribution in [3.63, 3.8) is 0 Å². The normalized spacial score (nSPS) is 14.3. The van der Waals surface area contributed by atoms with Gasteiger partial charge >= 0.3 is 0 Å². The van der Waals surface area contributed by atoms with Gasteiger partial charge in [-0.15, -0.1) is 0 Å². The quantitative estimate of drug-likeness (QED) is 0.381. The summed E-state index contributed by atoms with van der Waals surface area (Å²) in [6.07, 6.45) is 1.02. The van der Waals surface area contributed by atoms with Crippen molar-refractivity contribution in [2.45, 2.75) is 59.2 Å². The third-order valence-electron chi connectivity index (χ3n) is 6.54. The topological polar surface area (TPSA) is 105 Å². The first-order valence-electron chi connectivity index (χ1n) is 12.9. The van der Waals surface area contributed by atoms with Crippen molar-refractivity contribution in [2.24, 2.45) is 0 Å². The lowest BCUT2D eigenvalue weighted by atomic mass is 10.1. The van der Waals surface area contributed by atoms with Gasteiger partial charge in [-0.25, -0.2) is 8.42 Å². The van der Waals surface area contributed by atoms with Gasteiger partial charge in [0.2, 0.25) is 21.8 Å². The fourth-order valence-corrected chi connectivity index (χ4v) is 5.62. The number of rotatable bonds is 12. The molecule has 1 N–H and O–H groups in total. The highest BCUT2D eigenvalue weighted by Crippen LogP contribution is 2.35. The van der Waals surface area contributed by atoms with E-state index < -0.39 is 28.5 Å². The van der Waals surface area contributed by atoms with E-state index in [2.05, 4.69) is 5.32 Å². The minimum Gasteiger partial charge on any atom is -0.486 e. The molecule has 12 heteroatoms. The zero-order valence-electron chi connectivity index (χ0n) is 22.6. The summed E-state index contributed by atoms with van der Waals surface area (Å²) < 4.78 is 38.6. The maximum absolute atomic E-state index is 13.9. The largest absolute Gasteiger partial charge is 0.486 e. The van der Waals surface area contributed by atoms with Gasteiger partial charge in [0.1, 0.15) is 25.8 Å². The molecule has 0 unspecified atom stereocenters.